The molecule has 1 aliphatic carbocycles. The minimum atomic E-state index is -0.981. The van der Waals surface area contributed by atoms with Crippen LogP contribution in [0.25, 0.3) is 0 Å². The topological polar surface area (TPSA) is 92.8 Å². The minimum Gasteiger partial charge on any atom is -0.449 e. The molecule has 1 aromatic rings. The molecule has 3 rings (SSSR count). The summed E-state index contributed by atoms with van der Waals surface area (Å²) in [5.74, 6) is -1.76. The molecule has 2 aliphatic rings. The average Bonchev–Trinajstić information content (AvgIpc) is 2.91. The number of hydrogen-bond acceptors (Lipinski definition) is 5. The number of amides is 3. The van der Waals surface area contributed by atoms with Crippen molar-refractivity contribution in [2.24, 2.45) is 0 Å². The van der Waals surface area contributed by atoms with E-state index in [1.807, 2.05) is 20.8 Å². The normalized spacial score (nSPS) is 18.4. The van der Waals surface area contributed by atoms with Gasteiger partial charge >= 0.3 is 5.97 Å². The van der Waals surface area contributed by atoms with Crippen molar-refractivity contribution in [1.82, 2.24) is 10.2 Å². The standard InChI is InChI=1S/C22H28N2O5/c1-13(18(25)23-22(2,3)4)29-21(28)14-10-11-16-17(12-14)20(27)24(19(16)26)15-8-6-5-7-9-15/h10-13,15H,5-9H2,1-4H3,(H,23,25)/t13-/m1/s1. The zero-order valence-corrected chi connectivity index (χ0v) is 17.4. The summed E-state index contributed by atoms with van der Waals surface area (Å²) in [5.41, 5.74) is 0.240. The molecule has 1 saturated carbocycles. The maximum absolute atomic E-state index is 12.9. The second-order valence-corrected chi connectivity index (χ2v) is 8.82. The summed E-state index contributed by atoms with van der Waals surface area (Å²) in [6.45, 7) is 6.99. The highest BCUT2D eigenvalue weighted by Crippen LogP contribution is 2.31. The van der Waals surface area contributed by atoms with Crippen molar-refractivity contribution < 1.29 is 23.9 Å². The molecule has 0 unspecified atom stereocenters. The van der Waals surface area contributed by atoms with Crippen LogP contribution in [0.1, 0.15) is 90.9 Å². The number of carbonyl (C=O) groups excluding carboxylic acids is 4. The van der Waals surface area contributed by atoms with Crippen molar-refractivity contribution in [1.29, 1.82) is 0 Å². The fourth-order valence-electron chi connectivity index (χ4n) is 3.81. The lowest BCUT2D eigenvalue weighted by molar-refractivity contribution is -0.130. The molecule has 1 aliphatic heterocycles. The van der Waals surface area contributed by atoms with E-state index in [0.29, 0.717) is 5.56 Å². The Balaban J connectivity index is 1.74. The van der Waals surface area contributed by atoms with Crippen LogP contribution in [0.2, 0.25) is 0 Å². The van der Waals surface area contributed by atoms with E-state index in [9.17, 15) is 19.2 Å². The van der Waals surface area contributed by atoms with Gasteiger partial charge in [0.1, 0.15) is 0 Å². The Kier molecular flexibility index (Phi) is 5.78. The maximum atomic E-state index is 12.9. The average molecular weight is 400 g/mol. The van der Waals surface area contributed by atoms with Crippen LogP contribution in [0.5, 0.6) is 0 Å². The van der Waals surface area contributed by atoms with E-state index >= 15 is 0 Å². The lowest BCUT2D eigenvalue weighted by Crippen LogP contribution is -2.46. The highest BCUT2D eigenvalue weighted by atomic mass is 16.5. The molecule has 1 aromatic carbocycles. The first-order valence-electron chi connectivity index (χ1n) is 10.1. The van der Waals surface area contributed by atoms with Crippen LogP contribution in [0.3, 0.4) is 0 Å². The van der Waals surface area contributed by atoms with Crippen LogP contribution in [0.4, 0.5) is 0 Å². The molecule has 1 heterocycles. The van der Waals surface area contributed by atoms with E-state index in [1.165, 1.54) is 30.0 Å². The number of rotatable bonds is 4. The van der Waals surface area contributed by atoms with Crippen molar-refractivity contribution in [3.05, 3.63) is 34.9 Å². The summed E-state index contributed by atoms with van der Waals surface area (Å²) >= 11 is 0. The second-order valence-electron chi connectivity index (χ2n) is 8.82. The van der Waals surface area contributed by atoms with Crippen molar-refractivity contribution in [3.8, 4) is 0 Å². The molecule has 3 amide bonds. The number of nitrogens with one attached hydrogen (secondary N) is 1. The minimum absolute atomic E-state index is 0.0762. The van der Waals surface area contributed by atoms with Gasteiger partial charge in [-0.25, -0.2) is 4.79 Å². The number of nitrogens with zero attached hydrogens (tertiary/aromatic N) is 1. The number of esters is 1. The molecule has 0 saturated heterocycles. The van der Waals surface area contributed by atoms with E-state index < -0.39 is 23.5 Å². The SMILES string of the molecule is C[C@@H](OC(=O)c1ccc2c(c1)C(=O)N(C1CCCCC1)C2=O)C(=O)NC(C)(C)C. The number of ether oxygens (including phenoxy) is 1. The van der Waals surface area contributed by atoms with Crippen LogP contribution >= 0.6 is 0 Å². The molecule has 1 N–H and O–H groups in total. The first-order chi connectivity index (χ1) is 13.6. The third-order valence-electron chi connectivity index (χ3n) is 5.24. The molecular formula is C22H28N2O5. The van der Waals surface area contributed by atoms with Crippen LogP contribution in [0.15, 0.2) is 18.2 Å². The molecular weight excluding hydrogens is 372 g/mol. The van der Waals surface area contributed by atoms with Gasteiger partial charge in [-0.3, -0.25) is 19.3 Å². The number of carbonyl (C=O) groups is 4. The van der Waals surface area contributed by atoms with E-state index in [0.717, 1.165) is 32.1 Å². The monoisotopic (exact) mass is 400 g/mol. The molecule has 0 radical (unpaired) electrons. The molecule has 7 heteroatoms. The number of hydrogen-bond donors (Lipinski definition) is 1. The molecule has 1 atom stereocenters. The quantitative estimate of drug-likeness (QED) is 0.619. The molecule has 1 fully saturated rings. The summed E-state index contributed by atoms with van der Waals surface area (Å²) < 4.78 is 5.25. The van der Waals surface area contributed by atoms with Gasteiger partial charge in [0.05, 0.1) is 16.7 Å². The second kappa shape index (κ2) is 7.97. The number of benzene rings is 1. The van der Waals surface area contributed by atoms with Gasteiger partial charge in [0.25, 0.3) is 17.7 Å². The predicted molar refractivity (Wildman–Crippen MR) is 107 cm³/mol. The van der Waals surface area contributed by atoms with Crippen molar-refractivity contribution in [2.75, 3.05) is 0 Å². The Hall–Kier alpha value is -2.70. The Morgan fingerprint density at radius 3 is 2.31 bits per heavy atom. The maximum Gasteiger partial charge on any atom is 0.338 e. The molecule has 7 nitrogen and oxygen atoms in total. The fourth-order valence-corrected chi connectivity index (χ4v) is 3.81. The lowest BCUT2D eigenvalue weighted by atomic mass is 9.94. The van der Waals surface area contributed by atoms with Crippen molar-refractivity contribution in [2.45, 2.75) is 77.5 Å². The smallest absolute Gasteiger partial charge is 0.338 e. The Labute approximate surface area is 170 Å². The fraction of sp³-hybridized carbons (Fsp3) is 0.545. The van der Waals surface area contributed by atoms with Gasteiger partial charge < -0.3 is 10.1 Å². The largest absolute Gasteiger partial charge is 0.449 e. The van der Waals surface area contributed by atoms with Gasteiger partial charge in [-0.2, -0.15) is 0 Å². The van der Waals surface area contributed by atoms with Gasteiger partial charge in [0, 0.05) is 11.6 Å². The van der Waals surface area contributed by atoms with Gasteiger partial charge in [-0.1, -0.05) is 19.3 Å². The zero-order chi connectivity index (χ0) is 21.3. The summed E-state index contributed by atoms with van der Waals surface area (Å²) in [4.78, 5) is 51.5. The molecule has 0 spiro atoms. The van der Waals surface area contributed by atoms with E-state index in [-0.39, 0.29) is 29.0 Å². The van der Waals surface area contributed by atoms with Gasteiger partial charge in [-0.15, -0.1) is 0 Å². The Morgan fingerprint density at radius 2 is 1.69 bits per heavy atom. The van der Waals surface area contributed by atoms with Gasteiger partial charge in [-0.05, 0) is 58.7 Å². The van der Waals surface area contributed by atoms with E-state index in [1.54, 1.807) is 0 Å². The lowest BCUT2D eigenvalue weighted by Gasteiger charge is -2.29. The summed E-state index contributed by atoms with van der Waals surface area (Å²) in [6, 6.07) is 4.28. The first kappa shape index (κ1) is 21.0. The predicted octanol–water partition coefficient (Wildman–Crippen LogP) is 3.08. The summed E-state index contributed by atoms with van der Waals surface area (Å²) in [6.07, 6.45) is 3.79. The number of fused-ring (bicyclic) bond motifs is 1. The third kappa shape index (κ3) is 4.49. The summed E-state index contributed by atoms with van der Waals surface area (Å²) in [7, 11) is 0. The van der Waals surface area contributed by atoms with Crippen molar-refractivity contribution >= 4 is 23.7 Å². The van der Waals surface area contributed by atoms with Crippen LogP contribution in [-0.4, -0.2) is 46.3 Å². The molecule has 0 aromatic heterocycles. The van der Waals surface area contributed by atoms with Gasteiger partial charge in [0.2, 0.25) is 0 Å². The van der Waals surface area contributed by atoms with Crippen LogP contribution in [-0.2, 0) is 9.53 Å². The first-order valence-corrected chi connectivity index (χ1v) is 10.1. The molecule has 156 valence electrons. The highest BCUT2D eigenvalue weighted by molar-refractivity contribution is 6.22. The molecule has 29 heavy (non-hydrogen) atoms. The van der Waals surface area contributed by atoms with E-state index in [4.69, 9.17) is 4.74 Å². The van der Waals surface area contributed by atoms with E-state index in [2.05, 4.69) is 5.32 Å². The summed E-state index contributed by atoms with van der Waals surface area (Å²) in [5, 5.41) is 2.75. The van der Waals surface area contributed by atoms with Crippen LogP contribution in [0, 0.1) is 0 Å². The number of imide groups is 1. The van der Waals surface area contributed by atoms with Gasteiger partial charge in [0.15, 0.2) is 6.10 Å². The van der Waals surface area contributed by atoms with Crippen molar-refractivity contribution in [3.63, 3.8) is 0 Å². The Bertz CT molecular complexity index is 849. The molecule has 0 bridgehead atoms. The Morgan fingerprint density at radius 1 is 1.07 bits per heavy atom. The zero-order valence-electron chi connectivity index (χ0n) is 17.4. The van der Waals surface area contributed by atoms with Crippen LogP contribution < -0.4 is 5.32 Å². The highest BCUT2D eigenvalue weighted by Gasteiger charge is 2.40. The third-order valence-corrected chi connectivity index (χ3v) is 5.24.